The minimum absolute atomic E-state index is 0.0575. The molecular weight excluding hydrogens is 358 g/mol. The van der Waals surface area contributed by atoms with Crippen molar-refractivity contribution in [2.75, 3.05) is 32.9 Å². The number of para-hydroxylation sites is 1. The molecule has 3 rings (SSSR count). The maximum absolute atomic E-state index is 12.5. The summed E-state index contributed by atoms with van der Waals surface area (Å²) in [5, 5.41) is 3.56. The van der Waals surface area contributed by atoms with Gasteiger partial charge in [-0.15, -0.1) is 0 Å². The number of carbonyl (C=O) groups excluding carboxylic acids is 2. The maximum Gasteiger partial charge on any atom is 0.287 e. The predicted octanol–water partition coefficient (Wildman–Crippen LogP) is 2.59. The molecule has 0 fully saturated rings. The van der Waals surface area contributed by atoms with E-state index in [1.54, 1.807) is 37.6 Å². The third-order valence-electron chi connectivity index (χ3n) is 3.70. The van der Waals surface area contributed by atoms with Crippen LogP contribution >= 0.6 is 23.5 Å². The monoisotopic (exact) mass is 377 g/mol. The molecule has 132 valence electrons. The molecule has 6 nitrogen and oxygen atoms in total. The molecule has 0 spiro atoms. The number of nitrogens with one attached hydrogen (secondary N) is 1. The van der Waals surface area contributed by atoms with Gasteiger partial charge in [0, 0.05) is 36.6 Å². The van der Waals surface area contributed by atoms with E-state index in [1.807, 2.05) is 24.3 Å². The molecule has 0 aliphatic carbocycles. The molecule has 2 aromatic rings. The molecule has 1 aliphatic rings. The lowest BCUT2D eigenvalue weighted by Crippen LogP contribution is -2.36. The van der Waals surface area contributed by atoms with Crippen LogP contribution in [0.5, 0.6) is 0 Å². The first-order valence-electron chi connectivity index (χ1n) is 7.85. The molecule has 0 radical (unpaired) electrons. The van der Waals surface area contributed by atoms with Gasteiger partial charge >= 0.3 is 0 Å². The van der Waals surface area contributed by atoms with E-state index in [0.717, 1.165) is 27.6 Å². The van der Waals surface area contributed by atoms with Crippen LogP contribution in [0.25, 0.3) is 11.0 Å². The topological polar surface area (TPSA) is 74.9 Å². The van der Waals surface area contributed by atoms with Crippen LogP contribution in [-0.4, -0.2) is 54.0 Å². The number of thioether (sulfide) groups is 2. The number of likely N-dealkylation sites (N-methyl/N-ethyl adjacent to an activating group) is 1. The Morgan fingerprint density at radius 3 is 2.88 bits per heavy atom. The van der Waals surface area contributed by atoms with Gasteiger partial charge in [0.1, 0.15) is 9.96 Å². The summed E-state index contributed by atoms with van der Waals surface area (Å²) < 4.78 is 6.81. The fourth-order valence-electron chi connectivity index (χ4n) is 2.36. The largest absolute Gasteiger partial charge is 0.451 e. The molecule has 0 unspecified atom stereocenters. The van der Waals surface area contributed by atoms with Crippen LogP contribution in [0.1, 0.15) is 16.1 Å². The first kappa shape index (κ1) is 17.9. The molecule has 1 N–H and O–H groups in total. The van der Waals surface area contributed by atoms with Gasteiger partial charge in [0.25, 0.3) is 5.91 Å². The van der Waals surface area contributed by atoms with E-state index in [9.17, 15) is 9.59 Å². The summed E-state index contributed by atoms with van der Waals surface area (Å²) in [6, 6.07) is 7.58. The quantitative estimate of drug-likeness (QED) is 0.867. The Balaban J connectivity index is 1.81. The zero-order valence-corrected chi connectivity index (χ0v) is 15.7. The van der Waals surface area contributed by atoms with Crippen LogP contribution in [0.15, 0.2) is 33.7 Å². The number of fused-ring (bicyclic) bond motifs is 1. The van der Waals surface area contributed by atoms with E-state index in [1.165, 1.54) is 4.90 Å². The molecule has 0 atom stereocenters. The molecule has 0 saturated heterocycles. The van der Waals surface area contributed by atoms with Gasteiger partial charge < -0.3 is 14.6 Å². The fourth-order valence-corrected chi connectivity index (χ4v) is 4.39. The van der Waals surface area contributed by atoms with Crippen LogP contribution in [0.4, 0.5) is 0 Å². The highest BCUT2D eigenvalue weighted by Crippen LogP contribution is 2.32. The van der Waals surface area contributed by atoms with Crippen molar-refractivity contribution in [1.82, 2.24) is 10.2 Å². The van der Waals surface area contributed by atoms with E-state index >= 15 is 0 Å². The van der Waals surface area contributed by atoms with E-state index < -0.39 is 0 Å². The Labute approximate surface area is 154 Å². The number of hydrogen-bond acceptors (Lipinski definition) is 6. The summed E-state index contributed by atoms with van der Waals surface area (Å²) >= 11 is 3.35. The molecule has 2 amide bonds. The van der Waals surface area contributed by atoms with Crippen molar-refractivity contribution in [3.05, 3.63) is 35.6 Å². The van der Waals surface area contributed by atoms with Crippen molar-refractivity contribution in [3.63, 3.8) is 0 Å². The van der Waals surface area contributed by atoms with Gasteiger partial charge in [-0.3, -0.25) is 14.6 Å². The molecule has 2 heterocycles. The van der Waals surface area contributed by atoms with Crippen molar-refractivity contribution in [3.8, 4) is 0 Å². The van der Waals surface area contributed by atoms with Crippen LogP contribution in [0.2, 0.25) is 0 Å². The first-order valence-corrected chi connectivity index (χ1v) is 9.82. The van der Waals surface area contributed by atoms with Crippen molar-refractivity contribution in [1.29, 1.82) is 0 Å². The Kier molecular flexibility index (Phi) is 5.70. The standard InChI is InChI=1S/C17H19N3O3S2/c1-20(2)14(21)9-19-16(22)15-12(10-25-17-18-7-8-24-17)11-5-3-4-6-13(11)23-15/h3-6H,7-10H2,1-2H3,(H,19,22). The summed E-state index contributed by atoms with van der Waals surface area (Å²) in [5.74, 6) is 1.34. The van der Waals surface area contributed by atoms with Crippen molar-refractivity contribution >= 4 is 50.7 Å². The van der Waals surface area contributed by atoms with Crippen molar-refractivity contribution in [2.24, 2.45) is 4.99 Å². The van der Waals surface area contributed by atoms with E-state index in [4.69, 9.17) is 4.42 Å². The molecule has 0 saturated carbocycles. The number of furan rings is 1. The van der Waals surface area contributed by atoms with Gasteiger partial charge in [0.2, 0.25) is 5.91 Å². The first-order chi connectivity index (χ1) is 12.1. The Morgan fingerprint density at radius 1 is 1.36 bits per heavy atom. The fraction of sp³-hybridized carbons (Fsp3) is 0.353. The van der Waals surface area contributed by atoms with E-state index in [2.05, 4.69) is 10.3 Å². The number of amides is 2. The van der Waals surface area contributed by atoms with Crippen LogP contribution in [-0.2, 0) is 10.5 Å². The zero-order chi connectivity index (χ0) is 17.8. The number of hydrogen-bond donors (Lipinski definition) is 1. The summed E-state index contributed by atoms with van der Waals surface area (Å²) in [6.45, 7) is 0.789. The van der Waals surface area contributed by atoms with Crippen molar-refractivity contribution in [2.45, 2.75) is 5.75 Å². The lowest BCUT2D eigenvalue weighted by Gasteiger charge is -2.10. The highest BCUT2D eigenvalue weighted by atomic mass is 32.2. The van der Waals surface area contributed by atoms with Crippen LogP contribution in [0, 0.1) is 0 Å². The lowest BCUT2D eigenvalue weighted by atomic mass is 10.1. The Bertz CT molecular complexity index is 830. The van der Waals surface area contributed by atoms with Gasteiger partial charge in [0.05, 0.1) is 13.1 Å². The van der Waals surface area contributed by atoms with Gasteiger partial charge in [-0.1, -0.05) is 41.7 Å². The minimum atomic E-state index is -0.372. The second-order valence-corrected chi connectivity index (χ2v) is 7.97. The highest BCUT2D eigenvalue weighted by Gasteiger charge is 2.22. The summed E-state index contributed by atoms with van der Waals surface area (Å²) in [4.78, 5) is 30.1. The van der Waals surface area contributed by atoms with Gasteiger partial charge in [-0.2, -0.15) is 0 Å². The molecule has 25 heavy (non-hydrogen) atoms. The minimum Gasteiger partial charge on any atom is -0.451 e. The predicted molar refractivity (Wildman–Crippen MR) is 103 cm³/mol. The number of rotatable bonds is 5. The van der Waals surface area contributed by atoms with E-state index in [-0.39, 0.29) is 24.1 Å². The third-order valence-corrected chi connectivity index (χ3v) is 5.98. The summed E-state index contributed by atoms with van der Waals surface area (Å²) in [6.07, 6.45) is 0. The zero-order valence-electron chi connectivity index (χ0n) is 14.1. The summed E-state index contributed by atoms with van der Waals surface area (Å²) in [7, 11) is 3.30. The molecule has 0 bridgehead atoms. The Hall–Kier alpha value is -1.93. The van der Waals surface area contributed by atoms with Crippen LogP contribution in [0.3, 0.4) is 0 Å². The number of nitrogens with zero attached hydrogens (tertiary/aromatic N) is 2. The second-order valence-electron chi connectivity index (χ2n) is 5.66. The van der Waals surface area contributed by atoms with Crippen molar-refractivity contribution < 1.29 is 14.0 Å². The van der Waals surface area contributed by atoms with Crippen LogP contribution < -0.4 is 5.32 Å². The molecule has 8 heteroatoms. The van der Waals surface area contributed by atoms with Gasteiger partial charge in [0.15, 0.2) is 5.76 Å². The molecular formula is C17H19N3O3S2. The van der Waals surface area contributed by atoms with E-state index in [0.29, 0.717) is 11.3 Å². The molecule has 1 aromatic carbocycles. The molecule has 1 aromatic heterocycles. The Morgan fingerprint density at radius 2 is 2.16 bits per heavy atom. The van der Waals surface area contributed by atoms with Gasteiger partial charge in [-0.05, 0) is 6.07 Å². The smallest absolute Gasteiger partial charge is 0.287 e. The average Bonchev–Trinajstić information content (AvgIpc) is 3.24. The second kappa shape index (κ2) is 7.97. The SMILES string of the molecule is CN(C)C(=O)CNC(=O)c1oc2ccccc2c1CSC1=NCCS1. The highest BCUT2D eigenvalue weighted by molar-refractivity contribution is 8.38. The molecule has 1 aliphatic heterocycles. The normalized spacial score (nSPS) is 13.8. The summed E-state index contributed by atoms with van der Waals surface area (Å²) in [5.41, 5.74) is 1.51. The average molecular weight is 377 g/mol. The number of carbonyl (C=O) groups is 2. The third kappa shape index (κ3) is 4.19. The maximum atomic E-state index is 12.5. The lowest BCUT2D eigenvalue weighted by molar-refractivity contribution is -0.127. The number of aliphatic imine (C=N–C) groups is 1. The van der Waals surface area contributed by atoms with Gasteiger partial charge in [-0.25, -0.2) is 0 Å². The number of benzene rings is 1.